The Morgan fingerprint density at radius 2 is 2.19 bits per heavy atom. The fourth-order valence-corrected chi connectivity index (χ4v) is 2.92. The van der Waals surface area contributed by atoms with Gasteiger partial charge in [0.25, 0.3) is 0 Å². The number of halogens is 1. The van der Waals surface area contributed by atoms with Crippen molar-refractivity contribution in [3.8, 4) is 17.0 Å². The molecule has 2 aromatic rings. The summed E-state index contributed by atoms with van der Waals surface area (Å²) in [7, 11) is 1.61. The molecule has 1 aliphatic carbocycles. The number of nitrogen functional groups attached to an aromatic ring is 1. The van der Waals surface area contributed by atoms with Crippen molar-refractivity contribution in [3.05, 3.63) is 29.0 Å². The summed E-state index contributed by atoms with van der Waals surface area (Å²) in [5.74, 6) is 2.50. The van der Waals surface area contributed by atoms with Gasteiger partial charge in [0.15, 0.2) is 0 Å². The van der Waals surface area contributed by atoms with E-state index in [1.165, 1.54) is 12.8 Å². The van der Waals surface area contributed by atoms with Crippen LogP contribution in [0.4, 0.5) is 5.82 Å². The van der Waals surface area contributed by atoms with Crippen LogP contribution in [0.25, 0.3) is 11.3 Å². The fraction of sp³-hybridized carbons (Fsp3) is 0.438. The highest BCUT2D eigenvalue weighted by Gasteiger charge is 2.29. The van der Waals surface area contributed by atoms with Gasteiger partial charge in [0.2, 0.25) is 0 Å². The summed E-state index contributed by atoms with van der Waals surface area (Å²) in [6, 6.07) is 6.20. The van der Waals surface area contributed by atoms with Crippen molar-refractivity contribution < 1.29 is 4.74 Å². The first-order chi connectivity index (χ1) is 10.2. The predicted molar refractivity (Wildman–Crippen MR) is 85.9 cm³/mol. The van der Waals surface area contributed by atoms with Crippen molar-refractivity contribution in [2.45, 2.75) is 38.6 Å². The van der Waals surface area contributed by atoms with Crippen LogP contribution in [-0.2, 0) is 6.42 Å². The quantitative estimate of drug-likeness (QED) is 0.905. The maximum atomic E-state index is 6.35. The predicted octanol–water partition coefficient (Wildman–Crippen LogP) is 4.08. The number of ether oxygens (including phenoxy) is 1. The van der Waals surface area contributed by atoms with E-state index in [4.69, 9.17) is 27.1 Å². The maximum Gasteiger partial charge on any atom is 0.137 e. The Morgan fingerprint density at radius 1 is 1.43 bits per heavy atom. The first-order valence-corrected chi connectivity index (χ1v) is 7.74. The number of imidazole rings is 1. The lowest BCUT2D eigenvalue weighted by molar-refractivity contribution is 0.415. The Hall–Kier alpha value is -1.68. The van der Waals surface area contributed by atoms with Crippen LogP contribution < -0.4 is 10.5 Å². The Kier molecular flexibility index (Phi) is 3.81. The minimum atomic E-state index is 0.529. The number of aromatic nitrogens is 2. The Morgan fingerprint density at radius 3 is 2.76 bits per heavy atom. The highest BCUT2D eigenvalue weighted by atomic mass is 35.5. The van der Waals surface area contributed by atoms with Crippen molar-refractivity contribution in [1.82, 2.24) is 9.55 Å². The van der Waals surface area contributed by atoms with Crippen LogP contribution in [0, 0.1) is 0 Å². The van der Waals surface area contributed by atoms with Gasteiger partial charge in [-0.2, -0.15) is 0 Å². The van der Waals surface area contributed by atoms with Gasteiger partial charge in [0.1, 0.15) is 23.1 Å². The van der Waals surface area contributed by atoms with Crippen LogP contribution in [0.15, 0.2) is 18.2 Å². The molecule has 112 valence electrons. The van der Waals surface area contributed by atoms with Crippen LogP contribution >= 0.6 is 11.6 Å². The van der Waals surface area contributed by atoms with Crippen LogP contribution in [0.3, 0.4) is 0 Å². The van der Waals surface area contributed by atoms with E-state index in [1.54, 1.807) is 7.11 Å². The van der Waals surface area contributed by atoms with E-state index in [2.05, 4.69) is 11.5 Å². The molecule has 2 N–H and O–H groups in total. The van der Waals surface area contributed by atoms with E-state index in [9.17, 15) is 0 Å². The van der Waals surface area contributed by atoms with E-state index >= 15 is 0 Å². The summed E-state index contributed by atoms with van der Waals surface area (Å²) >= 11 is 6.21. The number of rotatable bonds is 5. The lowest BCUT2D eigenvalue weighted by Gasteiger charge is -2.08. The number of nitrogens with zero attached hydrogens (tertiary/aromatic N) is 2. The van der Waals surface area contributed by atoms with Gasteiger partial charge in [-0.3, -0.25) is 0 Å². The molecule has 1 saturated carbocycles. The largest absolute Gasteiger partial charge is 0.495 e. The number of benzene rings is 1. The molecule has 0 radical (unpaired) electrons. The second-order valence-corrected chi connectivity index (χ2v) is 5.87. The summed E-state index contributed by atoms with van der Waals surface area (Å²) in [5, 5.41) is 0.576. The molecule has 0 unspecified atom stereocenters. The molecule has 1 aromatic heterocycles. The Labute approximate surface area is 129 Å². The monoisotopic (exact) mass is 305 g/mol. The topological polar surface area (TPSA) is 53.1 Å². The zero-order chi connectivity index (χ0) is 15.0. The summed E-state index contributed by atoms with van der Waals surface area (Å²) in [6.07, 6.45) is 4.40. The number of anilines is 1. The highest BCUT2D eigenvalue weighted by molar-refractivity contribution is 6.32. The molecule has 0 saturated heterocycles. The van der Waals surface area contributed by atoms with E-state index in [1.807, 2.05) is 18.2 Å². The SMILES string of the molecule is CCCc1nc(-c2ccc(OC)c(Cl)c2)c(N)n1C1CC1. The molecule has 4 nitrogen and oxygen atoms in total. The second kappa shape index (κ2) is 5.60. The minimum Gasteiger partial charge on any atom is -0.495 e. The van der Waals surface area contributed by atoms with E-state index < -0.39 is 0 Å². The van der Waals surface area contributed by atoms with E-state index in [0.717, 1.165) is 35.7 Å². The van der Waals surface area contributed by atoms with Crippen molar-refractivity contribution in [1.29, 1.82) is 0 Å². The molecule has 0 amide bonds. The minimum absolute atomic E-state index is 0.529. The summed E-state index contributed by atoms with van der Waals surface area (Å²) in [6.45, 7) is 2.16. The molecule has 1 aromatic carbocycles. The third-order valence-corrected chi connectivity index (χ3v) is 4.13. The van der Waals surface area contributed by atoms with Crippen molar-refractivity contribution >= 4 is 17.4 Å². The van der Waals surface area contributed by atoms with Crippen LogP contribution in [0.5, 0.6) is 5.75 Å². The van der Waals surface area contributed by atoms with Gasteiger partial charge >= 0.3 is 0 Å². The van der Waals surface area contributed by atoms with Crippen LogP contribution in [0.1, 0.15) is 38.1 Å². The summed E-state index contributed by atoms with van der Waals surface area (Å²) in [4.78, 5) is 4.77. The molecule has 21 heavy (non-hydrogen) atoms. The van der Waals surface area contributed by atoms with Crippen molar-refractivity contribution in [2.24, 2.45) is 0 Å². The Bertz CT molecular complexity index is 662. The van der Waals surface area contributed by atoms with E-state index in [-0.39, 0.29) is 0 Å². The average molecular weight is 306 g/mol. The fourth-order valence-electron chi connectivity index (χ4n) is 2.66. The van der Waals surface area contributed by atoms with Gasteiger partial charge in [-0.15, -0.1) is 0 Å². The third kappa shape index (κ3) is 2.60. The van der Waals surface area contributed by atoms with Gasteiger partial charge < -0.3 is 15.0 Å². The lowest BCUT2D eigenvalue weighted by atomic mass is 10.1. The molecule has 1 heterocycles. The number of hydrogen-bond acceptors (Lipinski definition) is 3. The first-order valence-electron chi connectivity index (χ1n) is 7.36. The molecule has 0 spiro atoms. The molecule has 1 fully saturated rings. The summed E-state index contributed by atoms with van der Waals surface area (Å²) in [5.41, 5.74) is 8.12. The molecule has 0 aliphatic heterocycles. The highest BCUT2D eigenvalue weighted by Crippen LogP contribution is 2.41. The molecule has 3 rings (SSSR count). The van der Waals surface area contributed by atoms with Gasteiger partial charge in [-0.25, -0.2) is 4.98 Å². The first kappa shape index (κ1) is 14.3. The maximum absolute atomic E-state index is 6.35. The van der Waals surface area contributed by atoms with Crippen LogP contribution in [0.2, 0.25) is 5.02 Å². The van der Waals surface area contributed by atoms with Gasteiger partial charge in [0.05, 0.1) is 12.1 Å². The van der Waals surface area contributed by atoms with Crippen LogP contribution in [-0.4, -0.2) is 16.7 Å². The normalized spacial score (nSPS) is 14.4. The Balaban J connectivity index is 2.05. The van der Waals surface area contributed by atoms with Gasteiger partial charge in [0, 0.05) is 18.0 Å². The number of nitrogens with two attached hydrogens (primary N) is 1. The molecule has 0 atom stereocenters. The van der Waals surface area contributed by atoms with Gasteiger partial charge in [-0.05, 0) is 37.5 Å². The molecular weight excluding hydrogens is 286 g/mol. The second-order valence-electron chi connectivity index (χ2n) is 5.46. The zero-order valence-corrected chi connectivity index (χ0v) is 13.2. The van der Waals surface area contributed by atoms with Crippen molar-refractivity contribution in [2.75, 3.05) is 12.8 Å². The smallest absolute Gasteiger partial charge is 0.137 e. The molecule has 0 bridgehead atoms. The van der Waals surface area contributed by atoms with Gasteiger partial charge in [-0.1, -0.05) is 18.5 Å². The lowest BCUT2D eigenvalue weighted by Crippen LogP contribution is -2.05. The third-order valence-electron chi connectivity index (χ3n) is 3.83. The molecule has 5 heteroatoms. The standard InChI is InChI=1S/C16H20ClN3O/c1-3-4-14-19-15(16(18)20(14)11-6-7-11)10-5-8-13(21-2)12(17)9-10/h5,8-9,11H,3-4,6-7,18H2,1-2H3. The summed E-state index contributed by atoms with van der Waals surface area (Å²) < 4.78 is 7.40. The number of methoxy groups -OCH3 is 1. The molecular formula is C16H20ClN3O. The number of aryl methyl sites for hydroxylation is 1. The van der Waals surface area contributed by atoms with E-state index in [0.29, 0.717) is 16.8 Å². The zero-order valence-electron chi connectivity index (χ0n) is 12.4. The van der Waals surface area contributed by atoms with Crippen molar-refractivity contribution in [3.63, 3.8) is 0 Å². The average Bonchev–Trinajstić information content (AvgIpc) is 3.24. The molecule has 1 aliphatic rings. The number of hydrogen-bond donors (Lipinski definition) is 1.